The SMILES string of the molecule is CC(=O)N1CCc2c(C(C)O)cccc21. The quantitative estimate of drug-likeness (QED) is 0.757. The van der Waals surface area contributed by atoms with Crippen LogP contribution in [0.15, 0.2) is 18.2 Å². The summed E-state index contributed by atoms with van der Waals surface area (Å²) in [5, 5.41) is 9.61. The van der Waals surface area contributed by atoms with Crippen LogP contribution in [0.3, 0.4) is 0 Å². The van der Waals surface area contributed by atoms with Crippen molar-refractivity contribution in [2.45, 2.75) is 26.4 Å². The number of nitrogens with zero attached hydrogens (tertiary/aromatic N) is 1. The summed E-state index contributed by atoms with van der Waals surface area (Å²) in [4.78, 5) is 13.1. The molecule has 2 rings (SSSR count). The second kappa shape index (κ2) is 3.66. The monoisotopic (exact) mass is 205 g/mol. The van der Waals surface area contributed by atoms with Gasteiger partial charge in [-0.15, -0.1) is 0 Å². The van der Waals surface area contributed by atoms with Gasteiger partial charge >= 0.3 is 0 Å². The van der Waals surface area contributed by atoms with Crippen molar-refractivity contribution < 1.29 is 9.90 Å². The number of rotatable bonds is 1. The lowest BCUT2D eigenvalue weighted by molar-refractivity contribution is -0.116. The van der Waals surface area contributed by atoms with Crippen LogP contribution in [0.1, 0.15) is 31.1 Å². The van der Waals surface area contributed by atoms with Gasteiger partial charge in [-0.2, -0.15) is 0 Å². The van der Waals surface area contributed by atoms with Gasteiger partial charge in [0.2, 0.25) is 5.91 Å². The second-order valence-corrected chi connectivity index (χ2v) is 3.94. The molecule has 0 aromatic heterocycles. The van der Waals surface area contributed by atoms with Crippen molar-refractivity contribution in [3.8, 4) is 0 Å². The average Bonchev–Trinajstić information content (AvgIpc) is 2.59. The molecular formula is C12H15NO2. The third kappa shape index (κ3) is 1.63. The summed E-state index contributed by atoms with van der Waals surface area (Å²) in [6.45, 7) is 4.06. The van der Waals surface area contributed by atoms with Crippen LogP contribution in [0.4, 0.5) is 5.69 Å². The third-order valence-electron chi connectivity index (χ3n) is 2.89. The molecule has 15 heavy (non-hydrogen) atoms. The first-order chi connectivity index (χ1) is 7.11. The maximum absolute atomic E-state index is 11.4. The zero-order valence-corrected chi connectivity index (χ0v) is 9.03. The van der Waals surface area contributed by atoms with Gasteiger partial charge in [0.15, 0.2) is 0 Å². The standard InChI is InChI=1S/C12H15NO2/c1-8(14)10-4-3-5-12-11(10)6-7-13(12)9(2)15/h3-5,8,14H,6-7H2,1-2H3. The maximum atomic E-state index is 11.4. The van der Waals surface area contributed by atoms with Crippen LogP contribution in [-0.4, -0.2) is 17.6 Å². The molecule has 0 spiro atoms. The largest absolute Gasteiger partial charge is 0.389 e. The van der Waals surface area contributed by atoms with Crippen LogP contribution < -0.4 is 4.90 Å². The Morgan fingerprint density at radius 3 is 2.87 bits per heavy atom. The highest BCUT2D eigenvalue weighted by Crippen LogP contribution is 2.33. The van der Waals surface area contributed by atoms with Crippen LogP contribution in [0, 0.1) is 0 Å². The molecule has 1 N–H and O–H groups in total. The summed E-state index contributed by atoms with van der Waals surface area (Å²) < 4.78 is 0. The summed E-state index contributed by atoms with van der Waals surface area (Å²) in [5.74, 6) is 0.0662. The van der Waals surface area contributed by atoms with Gasteiger partial charge < -0.3 is 10.0 Å². The second-order valence-electron chi connectivity index (χ2n) is 3.94. The van der Waals surface area contributed by atoms with Gasteiger partial charge in [-0.3, -0.25) is 4.79 Å². The molecule has 0 fully saturated rings. The fourth-order valence-corrected chi connectivity index (χ4v) is 2.18. The number of carbonyl (C=O) groups excluding carboxylic acids is 1. The van der Waals surface area contributed by atoms with Crippen molar-refractivity contribution in [1.29, 1.82) is 0 Å². The molecule has 0 saturated heterocycles. The van der Waals surface area contributed by atoms with E-state index in [4.69, 9.17) is 0 Å². The predicted molar refractivity (Wildman–Crippen MR) is 58.8 cm³/mol. The molecule has 1 atom stereocenters. The topological polar surface area (TPSA) is 40.5 Å². The summed E-state index contributed by atoms with van der Waals surface area (Å²) in [5.41, 5.74) is 3.01. The lowest BCUT2D eigenvalue weighted by Gasteiger charge is -2.16. The van der Waals surface area contributed by atoms with Gasteiger partial charge in [0.25, 0.3) is 0 Å². The minimum atomic E-state index is -0.466. The van der Waals surface area contributed by atoms with Crippen LogP contribution in [-0.2, 0) is 11.2 Å². The van der Waals surface area contributed by atoms with E-state index in [0.29, 0.717) is 0 Å². The van der Waals surface area contributed by atoms with Crippen molar-refractivity contribution in [1.82, 2.24) is 0 Å². The normalized spacial score (nSPS) is 16.3. The van der Waals surface area contributed by atoms with E-state index in [1.165, 1.54) is 0 Å². The van der Waals surface area contributed by atoms with Gasteiger partial charge in [0.05, 0.1) is 6.10 Å². The number of fused-ring (bicyclic) bond motifs is 1. The Hall–Kier alpha value is -1.35. The third-order valence-corrected chi connectivity index (χ3v) is 2.89. The lowest BCUT2D eigenvalue weighted by atomic mass is 10.0. The van der Waals surface area contributed by atoms with Gasteiger partial charge in [0, 0.05) is 19.2 Å². The van der Waals surface area contributed by atoms with Crippen LogP contribution in [0.25, 0.3) is 0 Å². The molecule has 1 aliphatic rings. The molecule has 1 aromatic rings. The van der Waals surface area contributed by atoms with Crippen LogP contribution in [0.5, 0.6) is 0 Å². The summed E-state index contributed by atoms with van der Waals surface area (Å²) in [7, 11) is 0. The van der Waals surface area contributed by atoms with E-state index in [1.54, 1.807) is 18.7 Å². The van der Waals surface area contributed by atoms with Crippen LogP contribution in [0.2, 0.25) is 0 Å². The highest BCUT2D eigenvalue weighted by atomic mass is 16.3. The highest BCUT2D eigenvalue weighted by Gasteiger charge is 2.24. The number of hydrogen-bond acceptors (Lipinski definition) is 2. The van der Waals surface area contributed by atoms with E-state index in [0.717, 1.165) is 29.8 Å². The number of anilines is 1. The van der Waals surface area contributed by atoms with Crippen molar-refractivity contribution >= 4 is 11.6 Å². The van der Waals surface area contributed by atoms with Gasteiger partial charge in [0.1, 0.15) is 0 Å². The predicted octanol–water partition coefficient (Wildman–Crippen LogP) is 1.65. The van der Waals surface area contributed by atoms with E-state index in [2.05, 4.69) is 0 Å². The zero-order chi connectivity index (χ0) is 11.0. The molecule has 0 radical (unpaired) electrons. The molecule has 1 amide bonds. The van der Waals surface area contributed by atoms with E-state index in [1.807, 2.05) is 18.2 Å². The fraction of sp³-hybridized carbons (Fsp3) is 0.417. The van der Waals surface area contributed by atoms with E-state index >= 15 is 0 Å². The van der Waals surface area contributed by atoms with Gasteiger partial charge in [-0.1, -0.05) is 12.1 Å². The van der Waals surface area contributed by atoms with E-state index < -0.39 is 6.10 Å². The molecule has 1 heterocycles. The molecular weight excluding hydrogens is 190 g/mol. The summed E-state index contributed by atoms with van der Waals surface area (Å²) in [6.07, 6.45) is 0.377. The molecule has 80 valence electrons. The van der Waals surface area contributed by atoms with Crippen molar-refractivity contribution in [3.63, 3.8) is 0 Å². The molecule has 0 saturated carbocycles. The minimum Gasteiger partial charge on any atom is -0.389 e. The molecule has 3 heteroatoms. The van der Waals surface area contributed by atoms with E-state index in [9.17, 15) is 9.90 Å². The number of carbonyl (C=O) groups is 1. The minimum absolute atomic E-state index is 0.0662. The Morgan fingerprint density at radius 1 is 1.53 bits per heavy atom. The first-order valence-electron chi connectivity index (χ1n) is 5.19. The molecule has 1 aliphatic heterocycles. The Labute approximate surface area is 89.3 Å². The average molecular weight is 205 g/mol. The number of aliphatic hydroxyl groups is 1. The lowest BCUT2D eigenvalue weighted by Crippen LogP contribution is -2.25. The van der Waals surface area contributed by atoms with Gasteiger partial charge in [-0.25, -0.2) is 0 Å². The summed E-state index contributed by atoms with van der Waals surface area (Å²) >= 11 is 0. The van der Waals surface area contributed by atoms with Crippen molar-refractivity contribution in [2.75, 3.05) is 11.4 Å². The Bertz CT molecular complexity index is 399. The Kier molecular flexibility index (Phi) is 2.49. The number of benzene rings is 1. The summed E-state index contributed by atoms with van der Waals surface area (Å²) in [6, 6.07) is 5.75. The molecule has 0 aliphatic carbocycles. The number of hydrogen-bond donors (Lipinski definition) is 1. The van der Waals surface area contributed by atoms with Crippen LogP contribution >= 0.6 is 0 Å². The zero-order valence-electron chi connectivity index (χ0n) is 9.03. The first-order valence-corrected chi connectivity index (χ1v) is 5.19. The molecule has 1 aromatic carbocycles. The van der Waals surface area contributed by atoms with Crippen molar-refractivity contribution in [2.24, 2.45) is 0 Å². The first kappa shape index (κ1) is 10.2. The highest BCUT2D eigenvalue weighted by molar-refractivity contribution is 5.94. The van der Waals surface area contributed by atoms with Gasteiger partial charge in [-0.05, 0) is 30.5 Å². The van der Waals surface area contributed by atoms with E-state index in [-0.39, 0.29) is 5.91 Å². The number of amides is 1. The maximum Gasteiger partial charge on any atom is 0.223 e. The Morgan fingerprint density at radius 2 is 2.27 bits per heavy atom. The fourth-order valence-electron chi connectivity index (χ4n) is 2.18. The molecule has 3 nitrogen and oxygen atoms in total. The number of aliphatic hydroxyl groups excluding tert-OH is 1. The smallest absolute Gasteiger partial charge is 0.223 e. The van der Waals surface area contributed by atoms with Crippen molar-refractivity contribution in [3.05, 3.63) is 29.3 Å². The molecule has 0 bridgehead atoms. The molecule has 1 unspecified atom stereocenters. The Balaban J connectivity index is 2.48.